The van der Waals surface area contributed by atoms with Gasteiger partial charge in [0.05, 0.1) is 12.5 Å². The van der Waals surface area contributed by atoms with E-state index in [1.807, 2.05) is 32.0 Å². The summed E-state index contributed by atoms with van der Waals surface area (Å²) >= 11 is 0. The van der Waals surface area contributed by atoms with Gasteiger partial charge < -0.3 is 15.4 Å². The van der Waals surface area contributed by atoms with Crippen LogP contribution in [0.4, 0.5) is 5.82 Å². The van der Waals surface area contributed by atoms with Crippen LogP contribution in [-0.4, -0.2) is 35.1 Å². The van der Waals surface area contributed by atoms with Gasteiger partial charge in [-0.3, -0.25) is 4.79 Å². The number of nitrogens with zero attached hydrogens (tertiary/aromatic N) is 3. The second-order valence-electron chi connectivity index (χ2n) is 6.86. The third-order valence-electron chi connectivity index (χ3n) is 4.52. The highest BCUT2D eigenvalue weighted by Crippen LogP contribution is 2.30. The van der Waals surface area contributed by atoms with Gasteiger partial charge >= 0.3 is 0 Å². The van der Waals surface area contributed by atoms with Gasteiger partial charge in [-0.15, -0.1) is 0 Å². The summed E-state index contributed by atoms with van der Waals surface area (Å²) in [5.41, 5.74) is 7.34. The van der Waals surface area contributed by atoms with Crippen LogP contribution in [0.15, 0.2) is 36.7 Å². The zero-order chi connectivity index (χ0) is 18.5. The van der Waals surface area contributed by atoms with Crippen molar-refractivity contribution < 1.29 is 9.53 Å². The number of rotatable bonds is 6. The fourth-order valence-corrected chi connectivity index (χ4v) is 3.28. The second-order valence-corrected chi connectivity index (χ2v) is 6.86. The fourth-order valence-electron chi connectivity index (χ4n) is 3.28. The minimum Gasteiger partial charge on any atom is -0.475 e. The molecule has 1 aromatic heterocycles. The number of carbonyl (C=O) groups excluding carboxylic acids is 1. The lowest BCUT2D eigenvalue weighted by molar-refractivity contribution is -0.114. The van der Waals surface area contributed by atoms with E-state index in [0.717, 1.165) is 37.3 Å². The average molecular weight is 353 g/mol. The number of hydrogen-bond donors (Lipinski definition) is 1. The molecule has 0 atom stereocenters. The lowest BCUT2D eigenvalue weighted by Gasteiger charge is -2.33. The van der Waals surface area contributed by atoms with E-state index in [0.29, 0.717) is 11.8 Å². The maximum Gasteiger partial charge on any atom is 0.226 e. The van der Waals surface area contributed by atoms with E-state index in [1.165, 1.54) is 12.0 Å². The normalized spacial score (nSPS) is 15.3. The van der Waals surface area contributed by atoms with Gasteiger partial charge in [0.2, 0.25) is 11.8 Å². The standard InChI is InChI=1S/C20H25N4O2/c1-14(2)26-20-12-19(22-13-23-20)24-9-7-17(8-10-24)16-5-3-15(4-6-16)11-18(21)25/h3-6,11-14,17H,7-10H2,1-2H3,(H2,21,25). The fraction of sp³-hybridized carbons (Fsp3) is 0.400. The van der Waals surface area contributed by atoms with E-state index in [2.05, 4.69) is 27.0 Å². The highest BCUT2D eigenvalue weighted by Gasteiger charge is 2.22. The summed E-state index contributed by atoms with van der Waals surface area (Å²) in [5.74, 6) is 1.63. The number of primary amides is 1. The number of nitrogens with two attached hydrogens (primary N) is 1. The quantitative estimate of drug-likeness (QED) is 0.863. The molecule has 0 aliphatic carbocycles. The third kappa shape index (κ3) is 4.71. The Morgan fingerprint density at radius 3 is 2.54 bits per heavy atom. The van der Waals surface area contributed by atoms with E-state index < -0.39 is 5.91 Å². The molecule has 1 amide bonds. The molecule has 0 unspecified atom stereocenters. The number of hydrogen-bond acceptors (Lipinski definition) is 5. The average Bonchev–Trinajstić information content (AvgIpc) is 2.62. The van der Waals surface area contributed by atoms with Crippen molar-refractivity contribution in [2.75, 3.05) is 18.0 Å². The molecular formula is C20H25N4O2. The molecule has 0 saturated carbocycles. The lowest BCUT2D eigenvalue weighted by Crippen LogP contribution is -2.33. The first-order valence-corrected chi connectivity index (χ1v) is 8.99. The summed E-state index contributed by atoms with van der Waals surface area (Å²) in [4.78, 5) is 21.8. The number of benzene rings is 1. The molecule has 6 heteroatoms. The van der Waals surface area contributed by atoms with Crippen LogP contribution in [0, 0.1) is 6.42 Å². The van der Waals surface area contributed by atoms with Crippen LogP contribution in [0.25, 0.3) is 0 Å². The van der Waals surface area contributed by atoms with Crippen LogP contribution in [0.5, 0.6) is 5.88 Å². The van der Waals surface area contributed by atoms with E-state index in [1.54, 1.807) is 6.33 Å². The maximum absolute atomic E-state index is 11.0. The Balaban J connectivity index is 1.59. The largest absolute Gasteiger partial charge is 0.475 e. The van der Waals surface area contributed by atoms with E-state index in [-0.39, 0.29) is 6.10 Å². The van der Waals surface area contributed by atoms with Gasteiger partial charge in [-0.2, -0.15) is 0 Å². The number of piperidine rings is 1. The van der Waals surface area contributed by atoms with Crippen LogP contribution in [0.1, 0.15) is 43.7 Å². The predicted octanol–water partition coefficient (Wildman–Crippen LogP) is 2.69. The maximum atomic E-state index is 11.0. The van der Waals surface area contributed by atoms with Gasteiger partial charge in [0.1, 0.15) is 12.1 Å². The van der Waals surface area contributed by atoms with Crippen molar-refractivity contribution in [1.82, 2.24) is 9.97 Å². The number of aromatic nitrogens is 2. The highest BCUT2D eigenvalue weighted by molar-refractivity contribution is 5.86. The molecular weight excluding hydrogens is 328 g/mol. The van der Waals surface area contributed by atoms with Gasteiger partial charge in [-0.05, 0) is 43.7 Å². The summed E-state index contributed by atoms with van der Waals surface area (Å²) < 4.78 is 5.66. The first kappa shape index (κ1) is 18.2. The highest BCUT2D eigenvalue weighted by atomic mass is 16.5. The van der Waals surface area contributed by atoms with Crippen molar-refractivity contribution in [1.29, 1.82) is 0 Å². The summed E-state index contributed by atoms with van der Waals surface area (Å²) in [6.07, 6.45) is 5.22. The van der Waals surface area contributed by atoms with Crippen molar-refractivity contribution in [3.8, 4) is 5.88 Å². The first-order valence-electron chi connectivity index (χ1n) is 8.99. The third-order valence-corrected chi connectivity index (χ3v) is 4.52. The van der Waals surface area contributed by atoms with E-state index >= 15 is 0 Å². The first-order chi connectivity index (χ1) is 12.5. The van der Waals surface area contributed by atoms with Crippen molar-refractivity contribution in [2.24, 2.45) is 5.73 Å². The van der Waals surface area contributed by atoms with Crippen LogP contribution in [-0.2, 0) is 4.79 Å². The zero-order valence-electron chi connectivity index (χ0n) is 15.3. The molecule has 0 bridgehead atoms. The minimum atomic E-state index is -0.420. The Labute approximate surface area is 154 Å². The van der Waals surface area contributed by atoms with Crippen LogP contribution in [0.2, 0.25) is 0 Å². The van der Waals surface area contributed by atoms with Crippen LogP contribution < -0.4 is 15.4 Å². The summed E-state index contributed by atoms with van der Waals surface area (Å²) in [5, 5.41) is 0. The molecule has 1 aliphatic heterocycles. The van der Waals surface area contributed by atoms with E-state index in [4.69, 9.17) is 10.5 Å². The van der Waals surface area contributed by atoms with Gasteiger partial charge in [0, 0.05) is 19.2 Å². The van der Waals surface area contributed by atoms with Crippen LogP contribution in [0.3, 0.4) is 0 Å². The van der Waals surface area contributed by atoms with Gasteiger partial charge in [0.15, 0.2) is 0 Å². The molecule has 1 aliphatic rings. The van der Waals surface area contributed by atoms with Gasteiger partial charge in [0.25, 0.3) is 0 Å². The number of amides is 1. The Kier molecular flexibility index (Phi) is 5.71. The second kappa shape index (κ2) is 8.17. The topological polar surface area (TPSA) is 81.3 Å². The number of ether oxygens (including phenoxy) is 1. The Morgan fingerprint density at radius 1 is 1.23 bits per heavy atom. The number of anilines is 1. The summed E-state index contributed by atoms with van der Waals surface area (Å²) in [6, 6.07) is 10.00. The molecule has 1 saturated heterocycles. The molecule has 2 aromatic rings. The molecule has 26 heavy (non-hydrogen) atoms. The molecule has 137 valence electrons. The zero-order valence-corrected chi connectivity index (χ0v) is 15.3. The molecule has 6 nitrogen and oxygen atoms in total. The summed E-state index contributed by atoms with van der Waals surface area (Å²) in [6.45, 7) is 5.86. The predicted molar refractivity (Wildman–Crippen MR) is 101 cm³/mol. The minimum absolute atomic E-state index is 0.0956. The molecule has 1 fully saturated rings. The van der Waals surface area contributed by atoms with Crippen molar-refractivity contribution in [3.05, 3.63) is 54.2 Å². The van der Waals surface area contributed by atoms with Gasteiger partial charge in [-0.1, -0.05) is 24.3 Å². The number of carbonyl (C=O) groups is 1. The Bertz CT molecular complexity index is 738. The smallest absolute Gasteiger partial charge is 0.226 e. The molecule has 1 radical (unpaired) electrons. The molecule has 3 rings (SSSR count). The van der Waals surface area contributed by atoms with Crippen LogP contribution >= 0.6 is 0 Å². The molecule has 2 heterocycles. The van der Waals surface area contributed by atoms with Crippen molar-refractivity contribution >= 4 is 11.7 Å². The SMILES string of the molecule is CC(C)Oc1cc(N2CCC(c3ccc([CH]C(N)=O)cc3)CC2)ncn1. The Hall–Kier alpha value is -2.63. The van der Waals surface area contributed by atoms with Crippen molar-refractivity contribution in [2.45, 2.75) is 38.7 Å². The monoisotopic (exact) mass is 353 g/mol. The Morgan fingerprint density at radius 2 is 1.92 bits per heavy atom. The molecule has 1 aromatic carbocycles. The van der Waals surface area contributed by atoms with Crippen molar-refractivity contribution in [3.63, 3.8) is 0 Å². The molecule has 2 N–H and O–H groups in total. The van der Waals surface area contributed by atoms with Gasteiger partial charge in [-0.25, -0.2) is 9.97 Å². The lowest BCUT2D eigenvalue weighted by atomic mass is 9.89. The van der Waals surface area contributed by atoms with E-state index in [9.17, 15) is 4.79 Å². The molecule has 0 spiro atoms. The summed E-state index contributed by atoms with van der Waals surface area (Å²) in [7, 11) is 0.